The highest BCUT2D eigenvalue weighted by Crippen LogP contribution is 2.74. The van der Waals surface area contributed by atoms with Crippen molar-refractivity contribution in [2.75, 3.05) is 0 Å². The molecule has 6 rings (SSSR count). The number of fused-ring (bicyclic) bond motifs is 7. The molecule has 7 atom stereocenters. The average Bonchev–Trinajstić information content (AvgIpc) is 3.38. The van der Waals surface area contributed by atoms with E-state index in [2.05, 4.69) is 55.0 Å². The van der Waals surface area contributed by atoms with E-state index in [1.54, 1.807) is 6.33 Å². The molecular weight excluding hydrogens is 474 g/mol. The number of allylic oxidation sites excluding steroid dienone is 4. The monoisotopic (exact) mass is 515 g/mol. The minimum absolute atomic E-state index is 0.0567. The maximum absolute atomic E-state index is 14.5. The molecule has 7 heteroatoms. The zero-order chi connectivity index (χ0) is 27.5. The number of hydrogen-bond donors (Lipinski definition) is 0. The number of ketones is 2. The van der Waals surface area contributed by atoms with Crippen molar-refractivity contribution in [3.63, 3.8) is 0 Å². The third-order valence-electron chi connectivity index (χ3n) is 12.6. The first-order valence-electron chi connectivity index (χ1n) is 14.3. The molecule has 0 spiro atoms. The van der Waals surface area contributed by atoms with Gasteiger partial charge in [-0.25, -0.2) is 9.53 Å². The van der Waals surface area contributed by atoms with Crippen molar-refractivity contribution in [2.24, 2.45) is 44.8 Å². The smallest absolute Gasteiger partial charge is 0.226 e. The first-order chi connectivity index (χ1) is 17.7. The third kappa shape index (κ3) is 2.93. The topological polar surface area (TPSA) is 82.1 Å². The minimum Gasteiger partial charge on any atom is -0.307 e. The number of Topliss-reactive ketones (excluding diaryl/α,β-unsaturated/α-hetero) is 1. The van der Waals surface area contributed by atoms with Gasteiger partial charge in [-0.1, -0.05) is 60.1 Å². The molecule has 0 N–H and O–H groups in total. The molecule has 1 aromatic heterocycles. The lowest BCUT2D eigenvalue weighted by atomic mass is 9.35. The summed E-state index contributed by atoms with van der Waals surface area (Å²) in [5.74, 6) is 0.266. The summed E-state index contributed by atoms with van der Waals surface area (Å²) in [6.45, 7) is 23.4. The summed E-state index contributed by atoms with van der Waals surface area (Å²) in [6, 6.07) is 0. The van der Waals surface area contributed by atoms with E-state index in [9.17, 15) is 9.59 Å². The number of nitrogens with zero attached hydrogens (tertiary/aromatic N) is 5. The Morgan fingerprint density at radius 3 is 2.37 bits per heavy atom. The molecule has 0 radical (unpaired) electrons. The van der Waals surface area contributed by atoms with Crippen LogP contribution in [0.5, 0.6) is 0 Å². The first kappa shape index (κ1) is 25.6. The summed E-state index contributed by atoms with van der Waals surface area (Å²) >= 11 is 0. The summed E-state index contributed by atoms with van der Waals surface area (Å²) < 4.78 is 1.99. The predicted octanol–water partition coefficient (Wildman–Crippen LogP) is 5.95. The third-order valence-corrected chi connectivity index (χ3v) is 12.6. The number of hydrogen-bond acceptors (Lipinski definition) is 5. The second-order valence-corrected chi connectivity index (χ2v) is 15.1. The van der Waals surface area contributed by atoms with Crippen LogP contribution in [0.1, 0.15) is 93.4 Å². The number of carbonyl (C=O) groups excluding carboxylic acids is 2. The lowest BCUT2D eigenvalue weighted by Crippen LogP contribution is -2.66. The Morgan fingerprint density at radius 1 is 1.00 bits per heavy atom. The van der Waals surface area contributed by atoms with E-state index in [1.165, 1.54) is 0 Å². The molecular formula is C31H41N5O2. The van der Waals surface area contributed by atoms with Gasteiger partial charge in [0.05, 0.1) is 12.1 Å². The SMILES string of the molecule is [C-]#[N+]C1=C[C@]2(C)C3=CC(=O)[C@@H]4[C@@H]5CC(C)(C)CC[C@]5(n5cnnn5)CC[C@@]4(C)[C@]3(C)CC[C@H]2C(C)(C)C1=O. The van der Waals surface area contributed by atoms with Crippen molar-refractivity contribution in [1.29, 1.82) is 0 Å². The molecule has 0 amide bonds. The predicted molar refractivity (Wildman–Crippen MR) is 143 cm³/mol. The van der Waals surface area contributed by atoms with Crippen LogP contribution in [0.2, 0.25) is 0 Å². The largest absolute Gasteiger partial charge is 0.307 e. The Labute approximate surface area is 226 Å². The molecule has 0 aliphatic heterocycles. The second-order valence-electron chi connectivity index (χ2n) is 15.1. The van der Waals surface area contributed by atoms with Crippen LogP contribution >= 0.6 is 0 Å². The van der Waals surface area contributed by atoms with Gasteiger partial charge in [0, 0.05) is 16.7 Å². The van der Waals surface area contributed by atoms with Gasteiger partial charge in [0.2, 0.25) is 5.70 Å². The molecule has 3 fully saturated rings. The van der Waals surface area contributed by atoms with E-state index >= 15 is 0 Å². The molecule has 5 aliphatic rings. The van der Waals surface area contributed by atoms with Crippen LogP contribution < -0.4 is 0 Å². The normalized spacial score (nSPS) is 44.9. The quantitative estimate of drug-likeness (QED) is 0.431. The Balaban J connectivity index is 1.54. The van der Waals surface area contributed by atoms with E-state index < -0.39 is 10.8 Å². The van der Waals surface area contributed by atoms with Gasteiger partial charge in [0.1, 0.15) is 6.33 Å². The van der Waals surface area contributed by atoms with Gasteiger partial charge in [-0.2, -0.15) is 0 Å². The van der Waals surface area contributed by atoms with Gasteiger partial charge < -0.3 is 4.79 Å². The Kier molecular flexibility index (Phi) is 5.07. The number of tetrazole rings is 1. The Bertz CT molecular complexity index is 1330. The van der Waals surface area contributed by atoms with Crippen LogP contribution in [0, 0.1) is 51.4 Å². The van der Waals surface area contributed by atoms with Crippen molar-refractivity contribution in [2.45, 2.75) is 99.0 Å². The van der Waals surface area contributed by atoms with Gasteiger partial charge in [-0.3, -0.25) is 4.79 Å². The van der Waals surface area contributed by atoms with Crippen LogP contribution in [0.25, 0.3) is 4.85 Å². The fourth-order valence-electron chi connectivity index (χ4n) is 10.3. The fourth-order valence-corrected chi connectivity index (χ4v) is 10.3. The highest BCUT2D eigenvalue weighted by atomic mass is 16.1. The second kappa shape index (κ2) is 7.52. The lowest BCUT2D eigenvalue weighted by Gasteiger charge is -2.69. The van der Waals surface area contributed by atoms with Crippen LogP contribution in [-0.4, -0.2) is 31.8 Å². The molecule has 7 nitrogen and oxygen atoms in total. The molecule has 1 aromatic rings. The van der Waals surface area contributed by atoms with Crippen molar-refractivity contribution < 1.29 is 9.59 Å². The van der Waals surface area contributed by atoms with Gasteiger partial charge >= 0.3 is 0 Å². The zero-order valence-corrected chi connectivity index (χ0v) is 24.0. The van der Waals surface area contributed by atoms with Crippen LogP contribution in [0.4, 0.5) is 0 Å². The maximum Gasteiger partial charge on any atom is 0.226 e. The van der Waals surface area contributed by atoms with Crippen LogP contribution in [0.3, 0.4) is 0 Å². The standard InChI is InChI=1S/C31H41N5O2/c1-26(2)11-13-31(36-18-33-34-35-36)14-12-30(7)24(19(31)16-26)21(37)15-23-28(5)17-20(32-8)25(38)27(3,4)22(28)9-10-29(23,30)6/h15,17-19,22,24H,9-14,16H2,1-7H3/t19-,22-,24-,28-,29+,30+,31-/m0/s1. The highest BCUT2D eigenvalue weighted by molar-refractivity contribution is 6.03. The summed E-state index contributed by atoms with van der Waals surface area (Å²) in [5.41, 5.74) is -0.272. The molecule has 0 bridgehead atoms. The van der Waals surface area contributed by atoms with Crippen LogP contribution in [-0.2, 0) is 15.1 Å². The van der Waals surface area contributed by atoms with E-state index in [1.807, 2.05) is 30.7 Å². The molecule has 38 heavy (non-hydrogen) atoms. The van der Waals surface area contributed by atoms with E-state index in [0.29, 0.717) is 0 Å². The zero-order valence-electron chi connectivity index (χ0n) is 24.0. The molecule has 0 unspecified atom stereocenters. The summed E-state index contributed by atoms with van der Waals surface area (Å²) in [5, 5.41) is 12.4. The number of rotatable bonds is 1. The van der Waals surface area contributed by atoms with Gasteiger partial charge in [0.25, 0.3) is 0 Å². The van der Waals surface area contributed by atoms with Gasteiger partial charge in [-0.05, 0) is 89.5 Å². The number of aromatic nitrogens is 4. The fraction of sp³-hybridized carbons (Fsp3) is 0.742. The van der Waals surface area contributed by atoms with E-state index in [4.69, 9.17) is 6.57 Å². The molecule has 0 aromatic carbocycles. The summed E-state index contributed by atoms with van der Waals surface area (Å²) in [7, 11) is 0. The Morgan fingerprint density at radius 2 is 1.71 bits per heavy atom. The molecule has 5 aliphatic carbocycles. The van der Waals surface area contributed by atoms with E-state index in [0.717, 1.165) is 50.5 Å². The summed E-state index contributed by atoms with van der Waals surface area (Å²) in [4.78, 5) is 31.4. The lowest BCUT2D eigenvalue weighted by molar-refractivity contribution is -0.169. The van der Waals surface area contributed by atoms with Crippen molar-refractivity contribution in [3.05, 3.63) is 41.2 Å². The molecule has 0 saturated heterocycles. The Hall–Kier alpha value is -2.62. The van der Waals surface area contributed by atoms with E-state index in [-0.39, 0.29) is 56.8 Å². The van der Waals surface area contributed by atoms with Gasteiger partial charge in [0.15, 0.2) is 11.6 Å². The molecule has 3 saturated carbocycles. The average molecular weight is 516 g/mol. The maximum atomic E-state index is 14.5. The first-order valence-corrected chi connectivity index (χ1v) is 14.3. The van der Waals surface area contributed by atoms with Crippen molar-refractivity contribution >= 4 is 11.6 Å². The van der Waals surface area contributed by atoms with Crippen LogP contribution in [0.15, 0.2) is 29.7 Å². The summed E-state index contributed by atoms with van der Waals surface area (Å²) in [6.07, 6.45) is 12.4. The van der Waals surface area contributed by atoms with Crippen molar-refractivity contribution in [3.8, 4) is 0 Å². The van der Waals surface area contributed by atoms with Crippen molar-refractivity contribution in [1.82, 2.24) is 20.2 Å². The molecule has 1 heterocycles. The highest BCUT2D eigenvalue weighted by Gasteiger charge is 2.70. The molecule has 202 valence electrons. The number of carbonyl (C=O) groups is 2. The van der Waals surface area contributed by atoms with Gasteiger partial charge in [-0.15, -0.1) is 5.10 Å². The minimum atomic E-state index is -0.637.